The van der Waals surface area contributed by atoms with Gasteiger partial charge in [-0.25, -0.2) is 0 Å². The van der Waals surface area contributed by atoms with Crippen LogP contribution >= 0.6 is 44.2 Å². The van der Waals surface area contributed by atoms with Crippen molar-refractivity contribution in [3.63, 3.8) is 0 Å². The third-order valence-electron chi connectivity index (χ3n) is 2.67. The number of hydrogen-bond acceptors (Lipinski definition) is 5. The first-order valence-electron chi connectivity index (χ1n) is 6.48. The van der Waals surface area contributed by atoms with Gasteiger partial charge >= 0.3 is 10.7 Å². The minimum absolute atomic E-state index is 0.514. The van der Waals surface area contributed by atoms with Gasteiger partial charge in [-0.05, 0) is 60.6 Å². The second kappa shape index (κ2) is 7.82. The maximum Gasteiger partial charge on any atom is 0.357 e. The normalized spacial score (nSPS) is 12.0. The average Bonchev–Trinajstić information content (AvgIpc) is 2.42. The van der Waals surface area contributed by atoms with Crippen molar-refractivity contribution in [3.05, 3.63) is 59.7 Å². The first-order valence-corrected chi connectivity index (χ1v) is 14.7. The Morgan fingerprint density at radius 3 is 1.52 bits per heavy atom. The Morgan fingerprint density at radius 2 is 1.22 bits per heavy atom. The van der Waals surface area contributed by atoms with Crippen molar-refractivity contribution in [1.29, 1.82) is 0 Å². The molecule has 9 heteroatoms. The molecule has 0 aliphatic carbocycles. The van der Waals surface area contributed by atoms with Crippen molar-refractivity contribution in [2.75, 3.05) is 0 Å². The van der Waals surface area contributed by atoms with Gasteiger partial charge in [0, 0.05) is 11.8 Å². The van der Waals surface area contributed by atoms with Crippen molar-refractivity contribution < 1.29 is 13.6 Å². The summed E-state index contributed by atoms with van der Waals surface area (Å²) in [5, 5.41) is -3.52. The molecule has 0 aliphatic rings. The summed E-state index contributed by atoms with van der Waals surface area (Å²) in [6.07, 6.45) is 0. The molecule has 124 valence electrons. The van der Waals surface area contributed by atoms with E-state index in [9.17, 15) is 4.57 Å². The molecule has 3 nitrogen and oxygen atoms in total. The summed E-state index contributed by atoms with van der Waals surface area (Å²) < 4.78 is 23.4. The first-order chi connectivity index (χ1) is 10.7. The maximum atomic E-state index is 11.8. The number of halogens is 2. The number of hydrogen-bond donors (Lipinski definition) is 0. The average molecular weight is 427 g/mol. The fourth-order valence-electron chi connectivity index (χ4n) is 1.62. The van der Waals surface area contributed by atoms with Gasteiger partial charge < -0.3 is 9.05 Å². The fraction of sp³-hybridized carbons (Fsp3) is 0.143. The Kier molecular flexibility index (Phi) is 6.52. The number of rotatable bonds is 6. The third kappa shape index (κ3) is 6.70. The van der Waals surface area contributed by atoms with E-state index in [1.165, 1.54) is 0 Å². The molecule has 0 fully saturated rings. The lowest BCUT2D eigenvalue weighted by atomic mass is 10.2. The van der Waals surface area contributed by atoms with Crippen LogP contribution in [-0.4, -0.2) is 0 Å². The molecular formula is C14H14Cl2O3P2S2. The zero-order valence-corrected chi connectivity index (χ0v) is 17.2. The molecule has 0 bridgehead atoms. The van der Waals surface area contributed by atoms with E-state index in [1.54, 1.807) is 24.3 Å². The van der Waals surface area contributed by atoms with E-state index >= 15 is 0 Å². The monoisotopic (exact) mass is 426 g/mol. The van der Waals surface area contributed by atoms with Gasteiger partial charge in [0.15, 0.2) is 0 Å². The van der Waals surface area contributed by atoms with Crippen LogP contribution in [0.5, 0.6) is 11.5 Å². The predicted octanol–water partition coefficient (Wildman–Crippen LogP) is 7.30. The fourth-order valence-corrected chi connectivity index (χ4v) is 16.2. The SMILES string of the molecule is Cc1ccc(OP(=S)(Oc2ccc(C)cc2)SP(=O)(Cl)Cl)cc1. The lowest BCUT2D eigenvalue weighted by Gasteiger charge is -2.22. The van der Waals surface area contributed by atoms with E-state index in [2.05, 4.69) is 0 Å². The van der Waals surface area contributed by atoms with Crippen LogP contribution in [0.15, 0.2) is 48.5 Å². The molecule has 0 aliphatic heterocycles. The summed E-state index contributed by atoms with van der Waals surface area (Å²) in [6.45, 7) is 3.92. The number of benzene rings is 2. The molecule has 0 saturated carbocycles. The molecule has 2 aromatic rings. The van der Waals surface area contributed by atoms with Crippen LogP contribution in [0.3, 0.4) is 0 Å². The van der Waals surface area contributed by atoms with Crippen molar-refractivity contribution >= 4 is 56.0 Å². The summed E-state index contributed by atoms with van der Waals surface area (Å²) in [5.74, 6) is 1.03. The summed E-state index contributed by atoms with van der Waals surface area (Å²) in [6, 6.07) is 14.6. The van der Waals surface area contributed by atoms with E-state index in [0.29, 0.717) is 22.5 Å². The van der Waals surface area contributed by atoms with Gasteiger partial charge in [0.25, 0.3) is 0 Å². The first kappa shape index (κ1) is 19.2. The molecule has 0 atom stereocenters. The number of aryl methyl sites for hydroxylation is 2. The summed E-state index contributed by atoms with van der Waals surface area (Å²) in [7, 11) is 0. The molecule has 23 heavy (non-hydrogen) atoms. The zero-order valence-electron chi connectivity index (χ0n) is 12.3. The predicted molar refractivity (Wildman–Crippen MR) is 105 cm³/mol. The molecule has 0 spiro atoms. The minimum atomic E-state index is -3.52. The second-order valence-electron chi connectivity index (χ2n) is 4.75. The van der Waals surface area contributed by atoms with Gasteiger partial charge in [0.1, 0.15) is 11.5 Å². The van der Waals surface area contributed by atoms with E-state index in [1.807, 2.05) is 38.1 Å². The summed E-state index contributed by atoms with van der Waals surface area (Å²) >= 11 is 17.5. The van der Waals surface area contributed by atoms with Gasteiger partial charge in [-0.1, -0.05) is 35.4 Å². The van der Waals surface area contributed by atoms with Gasteiger partial charge in [0.05, 0.1) is 11.0 Å². The van der Waals surface area contributed by atoms with Gasteiger partial charge in [-0.2, -0.15) is 0 Å². The Labute approximate surface area is 154 Å². The van der Waals surface area contributed by atoms with E-state index in [0.717, 1.165) is 11.1 Å². The second-order valence-corrected chi connectivity index (χ2v) is 18.7. The molecule has 0 saturated heterocycles. The highest BCUT2D eigenvalue weighted by atomic mass is 35.9. The van der Waals surface area contributed by atoms with Crippen molar-refractivity contribution in [3.8, 4) is 11.5 Å². The van der Waals surface area contributed by atoms with E-state index in [4.69, 9.17) is 43.3 Å². The molecule has 0 amide bonds. The van der Waals surface area contributed by atoms with Gasteiger partial charge in [0.2, 0.25) is 0 Å². The Bertz CT molecular complexity index is 709. The van der Waals surface area contributed by atoms with E-state index < -0.39 is 10.7 Å². The lowest BCUT2D eigenvalue weighted by molar-refractivity contribution is 0.506. The smallest absolute Gasteiger partial charge is 0.357 e. The molecule has 2 rings (SSSR count). The standard InChI is InChI=1S/C14H14Cl2O3P2S2/c1-11-3-7-13(8-4-11)18-21(22,23-20(15,16)17)19-14-9-5-12(2)6-10-14/h3-10H,1-2H3. The lowest BCUT2D eigenvalue weighted by Crippen LogP contribution is -1.97. The van der Waals surface area contributed by atoms with Crippen molar-refractivity contribution in [2.45, 2.75) is 13.8 Å². The van der Waals surface area contributed by atoms with E-state index in [-0.39, 0.29) is 0 Å². The quantitative estimate of drug-likeness (QED) is 0.452. The van der Waals surface area contributed by atoms with Crippen LogP contribution < -0.4 is 9.05 Å². The van der Waals surface area contributed by atoms with Gasteiger partial charge in [-0.3, -0.25) is 4.57 Å². The van der Waals surface area contributed by atoms with Gasteiger partial charge in [-0.15, -0.1) is 0 Å². The van der Waals surface area contributed by atoms with Crippen LogP contribution in [0.2, 0.25) is 0 Å². The molecule has 0 unspecified atom stereocenters. The largest absolute Gasteiger partial charge is 0.428 e. The topological polar surface area (TPSA) is 35.5 Å². The van der Waals surface area contributed by atoms with Crippen molar-refractivity contribution in [2.24, 2.45) is 0 Å². The molecule has 0 aromatic heterocycles. The third-order valence-corrected chi connectivity index (χ3v) is 14.6. The van der Waals surface area contributed by atoms with Crippen LogP contribution in [0.25, 0.3) is 0 Å². The Morgan fingerprint density at radius 1 is 0.870 bits per heavy atom. The molecule has 2 aromatic carbocycles. The summed E-state index contributed by atoms with van der Waals surface area (Å²) in [4.78, 5) is 0. The van der Waals surface area contributed by atoms with Crippen LogP contribution in [0, 0.1) is 13.8 Å². The molecule has 0 radical (unpaired) electrons. The summed E-state index contributed by atoms with van der Waals surface area (Å²) in [5.41, 5.74) is -0.929. The van der Waals surface area contributed by atoms with Crippen LogP contribution in [0.4, 0.5) is 0 Å². The molecule has 0 heterocycles. The Hall–Kier alpha value is -0.150. The Balaban J connectivity index is 2.27. The maximum absolute atomic E-state index is 11.8. The minimum Gasteiger partial charge on any atom is -0.428 e. The highest BCUT2D eigenvalue weighted by molar-refractivity contribution is 8.99. The zero-order chi connectivity index (χ0) is 17.1. The highest BCUT2D eigenvalue weighted by Gasteiger charge is 2.34. The highest BCUT2D eigenvalue weighted by Crippen LogP contribution is 2.82. The van der Waals surface area contributed by atoms with Crippen molar-refractivity contribution in [1.82, 2.24) is 0 Å². The van der Waals surface area contributed by atoms with Crippen LogP contribution in [-0.2, 0) is 16.4 Å². The van der Waals surface area contributed by atoms with Crippen LogP contribution in [0.1, 0.15) is 11.1 Å². The molecular weight excluding hydrogens is 413 g/mol. The molecule has 0 N–H and O–H groups in total.